The summed E-state index contributed by atoms with van der Waals surface area (Å²) in [5.41, 5.74) is 1.51. The fourth-order valence-electron chi connectivity index (χ4n) is 3.52. The smallest absolute Gasteiger partial charge is 0.240 e. The molecule has 0 amide bonds. The topological polar surface area (TPSA) is 152 Å². The van der Waals surface area contributed by atoms with E-state index in [1.165, 1.54) is 39.0 Å². The molecular weight excluding hydrogens is 490 g/mol. The molecule has 3 aromatic heterocycles. The van der Waals surface area contributed by atoms with Crippen LogP contribution in [0.4, 0.5) is 5.95 Å². The number of sulfonamides is 1. The van der Waals surface area contributed by atoms with Crippen LogP contribution in [0.5, 0.6) is 5.88 Å². The van der Waals surface area contributed by atoms with Crippen LogP contribution in [0.2, 0.25) is 0 Å². The minimum Gasteiger partial charge on any atom is -0.481 e. The number of aromatic nitrogens is 6. The summed E-state index contributed by atoms with van der Waals surface area (Å²) in [7, 11) is 1.93. The summed E-state index contributed by atoms with van der Waals surface area (Å²) in [5.74, 6) is 0.606. The Balaban J connectivity index is 2.01. The average molecular weight is 522 g/mol. The van der Waals surface area contributed by atoms with Crippen molar-refractivity contribution in [1.29, 1.82) is 0 Å². The molecule has 13 nitrogen and oxygen atoms in total. The summed E-state index contributed by atoms with van der Waals surface area (Å²) in [4.78, 5) is 12.9. The molecule has 36 heavy (non-hydrogen) atoms. The van der Waals surface area contributed by atoms with E-state index < -0.39 is 27.6 Å². The van der Waals surface area contributed by atoms with E-state index in [-0.39, 0.29) is 11.8 Å². The number of anilines is 1. The molecule has 14 heteroatoms. The number of nitrogens with zero attached hydrogens (tertiary/aromatic N) is 6. The maximum atomic E-state index is 13.4. The standard InChI is InChI=1S/C22H31N7O6S/c1-14-12-24-17(13-23-14)20(35-6)15(2)36(30,31)28-22-27-26-21(16-8-7-9-18(25-16)33-4)29(22)19(34-5)10-11-32-3/h7-9,12-13,15,19-20H,10-11H2,1-6H3,(H,27,28)/t15-,19?,20-/m0/s1. The highest BCUT2D eigenvalue weighted by atomic mass is 32.2. The van der Waals surface area contributed by atoms with Crippen molar-refractivity contribution in [2.45, 2.75) is 37.9 Å². The Morgan fingerprint density at radius 2 is 1.83 bits per heavy atom. The zero-order valence-corrected chi connectivity index (χ0v) is 21.9. The van der Waals surface area contributed by atoms with Crippen molar-refractivity contribution >= 4 is 16.0 Å². The normalized spacial score (nSPS) is 14.3. The minimum absolute atomic E-state index is 0.0470. The van der Waals surface area contributed by atoms with Gasteiger partial charge >= 0.3 is 0 Å². The molecule has 3 aromatic rings. The molecule has 3 heterocycles. The number of rotatable bonds is 13. The monoisotopic (exact) mass is 521 g/mol. The Morgan fingerprint density at radius 3 is 2.44 bits per heavy atom. The zero-order valence-electron chi connectivity index (χ0n) is 21.1. The van der Waals surface area contributed by atoms with Crippen molar-refractivity contribution in [3.05, 3.63) is 42.0 Å². The first kappa shape index (κ1) is 27.4. The summed E-state index contributed by atoms with van der Waals surface area (Å²) >= 11 is 0. The molecular formula is C22H31N7O6S. The van der Waals surface area contributed by atoms with Gasteiger partial charge in [-0.25, -0.2) is 13.4 Å². The lowest BCUT2D eigenvalue weighted by molar-refractivity contribution is 0.0189. The second-order valence-electron chi connectivity index (χ2n) is 7.85. The first-order valence-electron chi connectivity index (χ1n) is 11.1. The fraction of sp³-hybridized carbons (Fsp3) is 0.500. The van der Waals surface area contributed by atoms with Crippen LogP contribution in [-0.2, 0) is 24.2 Å². The van der Waals surface area contributed by atoms with Gasteiger partial charge in [-0.2, -0.15) is 0 Å². The number of hydrogen-bond acceptors (Lipinski definition) is 11. The highest BCUT2D eigenvalue weighted by molar-refractivity contribution is 7.93. The molecule has 0 radical (unpaired) electrons. The number of pyridine rings is 1. The summed E-state index contributed by atoms with van der Waals surface area (Å²) in [6, 6.07) is 5.14. The van der Waals surface area contributed by atoms with Gasteiger partial charge in [0.2, 0.25) is 21.9 Å². The van der Waals surface area contributed by atoms with Crippen molar-refractivity contribution < 1.29 is 27.4 Å². The van der Waals surface area contributed by atoms with Gasteiger partial charge in [-0.05, 0) is 19.9 Å². The van der Waals surface area contributed by atoms with Gasteiger partial charge in [-0.15, -0.1) is 10.2 Å². The van der Waals surface area contributed by atoms with E-state index in [1.807, 2.05) is 0 Å². The van der Waals surface area contributed by atoms with Crippen LogP contribution >= 0.6 is 0 Å². The summed E-state index contributed by atoms with van der Waals surface area (Å²) in [6.45, 7) is 3.65. The van der Waals surface area contributed by atoms with Gasteiger partial charge in [0.05, 0.1) is 31.3 Å². The molecule has 196 valence electrons. The molecule has 3 rings (SSSR count). The fourth-order valence-corrected chi connectivity index (χ4v) is 4.67. The second-order valence-corrected chi connectivity index (χ2v) is 9.88. The zero-order chi connectivity index (χ0) is 26.3. The predicted octanol–water partition coefficient (Wildman–Crippen LogP) is 2.15. The van der Waals surface area contributed by atoms with E-state index >= 15 is 0 Å². The van der Waals surface area contributed by atoms with Gasteiger partial charge in [-0.1, -0.05) is 6.07 Å². The highest BCUT2D eigenvalue weighted by Crippen LogP contribution is 2.30. The van der Waals surface area contributed by atoms with Crippen LogP contribution in [0.1, 0.15) is 37.1 Å². The number of methoxy groups -OCH3 is 4. The first-order valence-corrected chi connectivity index (χ1v) is 12.6. The quantitative estimate of drug-likeness (QED) is 0.352. The van der Waals surface area contributed by atoms with Gasteiger partial charge in [0.15, 0.2) is 5.82 Å². The molecule has 0 saturated carbocycles. The lowest BCUT2D eigenvalue weighted by Crippen LogP contribution is -2.33. The Hall–Kier alpha value is -3.20. The van der Waals surface area contributed by atoms with Crippen LogP contribution in [0.3, 0.4) is 0 Å². The molecule has 1 N–H and O–H groups in total. The molecule has 0 fully saturated rings. The Morgan fingerprint density at radius 1 is 1.06 bits per heavy atom. The molecule has 0 aliphatic rings. The summed E-state index contributed by atoms with van der Waals surface area (Å²) in [6.07, 6.45) is 1.91. The third-order valence-electron chi connectivity index (χ3n) is 5.48. The first-order chi connectivity index (χ1) is 17.2. The van der Waals surface area contributed by atoms with E-state index in [9.17, 15) is 8.42 Å². The predicted molar refractivity (Wildman–Crippen MR) is 131 cm³/mol. The van der Waals surface area contributed by atoms with E-state index in [0.29, 0.717) is 36.0 Å². The Kier molecular flexibility index (Phi) is 9.25. The summed E-state index contributed by atoms with van der Waals surface area (Å²) < 4.78 is 52.5. The molecule has 0 aliphatic heterocycles. The number of hydrogen-bond donors (Lipinski definition) is 1. The minimum atomic E-state index is -4.05. The third kappa shape index (κ3) is 6.13. The van der Waals surface area contributed by atoms with Crippen LogP contribution in [0.25, 0.3) is 11.5 Å². The molecule has 0 spiro atoms. The van der Waals surface area contributed by atoms with Crippen molar-refractivity contribution in [2.24, 2.45) is 0 Å². The molecule has 0 bridgehead atoms. The third-order valence-corrected chi connectivity index (χ3v) is 7.18. The van der Waals surface area contributed by atoms with E-state index in [0.717, 1.165) is 0 Å². The molecule has 0 aliphatic carbocycles. The number of nitrogens with one attached hydrogen (secondary N) is 1. The highest BCUT2D eigenvalue weighted by Gasteiger charge is 2.34. The number of ether oxygens (including phenoxy) is 4. The van der Waals surface area contributed by atoms with Crippen molar-refractivity contribution in [1.82, 2.24) is 29.7 Å². The molecule has 0 aromatic carbocycles. The van der Waals surface area contributed by atoms with Crippen LogP contribution < -0.4 is 9.46 Å². The van der Waals surface area contributed by atoms with Gasteiger partial charge in [0.1, 0.15) is 23.3 Å². The van der Waals surface area contributed by atoms with Crippen LogP contribution in [0.15, 0.2) is 30.6 Å². The lowest BCUT2D eigenvalue weighted by atomic mass is 10.2. The second kappa shape index (κ2) is 12.2. The van der Waals surface area contributed by atoms with Gasteiger partial charge in [-0.3, -0.25) is 19.3 Å². The molecule has 1 unspecified atom stereocenters. The van der Waals surface area contributed by atoms with E-state index in [2.05, 4.69) is 29.9 Å². The molecule has 0 saturated heterocycles. The number of aryl methyl sites for hydroxylation is 1. The van der Waals surface area contributed by atoms with Gasteiger partial charge in [0.25, 0.3) is 0 Å². The van der Waals surface area contributed by atoms with Crippen LogP contribution in [-0.4, -0.2) is 78.4 Å². The van der Waals surface area contributed by atoms with Gasteiger partial charge in [0, 0.05) is 40.0 Å². The van der Waals surface area contributed by atoms with Crippen molar-refractivity contribution in [3.8, 4) is 17.4 Å². The SMILES string of the molecule is COCCC(OC)n1c(NS(=O)(=O)[C@@H](C)[C@H](OC)c2cnc(C)cn2)nnc1-c1cccc(OC)n1. The molecule has 3 atom stereocenters. The maximum absolute atomic E-state index is 13.4. The van der Waals surface area contributed by atoms with Crippen molar-refractivity contribution in [3.63, 3.8) is 0 Å². The summed E-state index contributed by atoms with van der Waals surface area (Å²) in [5, 5.41) is 7.27. The van der Waals surface area contributed by atoms with Crippen molar-refractivity contribution in [2.75, 3.05) is 39.8 Å². The Bertz CT molecular complexity index is 1240. The van der Waals surface area contributed by atoms with E-state index in [4.69, 9.17) is 18.9 Å². The van der Waals surface area contributed by atoms with E-state index in [1.54, 1.807) is 38.4 Å². The van der Waals surface area contributed by atoms with Gasteiger partial charge < -0.3 is 18.9 Å². The van der Waals surface area contributed by atoms with Crippen LogP contribution in [0, 0.1) is 6.92 Å². The Labute approximate surface area is 210 Å². The average Bonchev–Trinajstić information content (AvgIpc) is 3.28. The lowest BCUT2D eigenvalue weighted by Gasteiger charge is -2.24. The largest absolute Gasteiger partial charge is 0.481 e. The maximum Gasteiger partial charge on any atom is 0.240 e.